The smallest absolute Gasteiger partial charge is 0.288 e. The van der Waals surface area contributed by atoms with Gasteiger partial charge in [-0.05, 0) is 44.2 Å². The van der Waals surface area contributed by atoms with E-state index >= 15 is 0 Å². The van der Waals surface area contributed by atoms with E-state index in [2.05, 4.69) is 69.0 Å². The summed E-state index contributed by atoms with van der Waals surface area (Å²) in [5.74, 6) is 0. The van der Waals surface area contributed by atoms with Gasteiger partial charge in [-0.2, -0.15) is 0 Å². The van der Waals surface area contributed by atoms with Crippen molar-refractivity contribution in [2.24, 2.45) is 5.10 Å². The van der Waals surface area contributed by atoms with Gasteiger partial charge in [-0.25, -0.2) is 0 Å². The van der Waals surface area contributed by atoms with Gasteiger partial charge in [0.1, 0.15) is 0 Å². The normalized spacial score (nSPS) is 11.6. The van der Waals surface area contributed by atoms with E-state index in [0.29, 0.717) is 0 Å². The van der Waals surface area contributed by atoms with Gasteiger partial charge in [0, 0.05) is 39.3 Å². The molecule has 3 heterocycles. The molecule has 0 aliphatic rings. The Bertz CT molecular complexity index is 1030. The molecular weight excluding hydrogens is 300 g/mol. The first kappa shape index (κ1) is 14.3. The second-order valence-corrected chi connectivity index (χ2v) is 5.67. The van der Waals surface area contributed by atoms with Gasteiger partial charge < -0.3 is 4.57 Å². The molecule has 0 bridgehead atoms. The predicted octanol–water partition coefficient (Wildman–Crippen LogP) is 2.54. The van der Waals surface area contributed by atoms with Crippen molar-refractivity contribution in [1.82, 2.24) is 19.7 Å². The zero-order chi connectivity index (χ0) is 16.5. The molecule has 0 aliphatic heterocycles. The van der Waals surface area contributed by atoms with Gasteiger partial charge in [0.05, 0.1) is 11.7 Å². The minimum Gasteiger partial charge on any atom is -0.318 e. The van der Waals surface area contributed by atoms with E-state index in [4.69, 9.17) is 0 Å². The Morgan fingerprint density at radius 3 is 2.96 bits per heavy atom. The summed E-state index contributed by atoms with van der Waals surface area (Å²) in [5.41, 5.74) is 5.51. The number of fused-ring (bicyclic) bond motifs is 1. The summed E-state index contributed by atoms with van der Waals surface area (Å²) in [6.07, 6.45) is 6.96. The Morgan fingerprint density at radius 1 is 1.21 bits per heavy atom. The number of aromatic amines is 1. The van der Waals surface area contributed by atoms with Crippen molar-refractivity contribution in [2.75, 3.05) is 0 Å². The van der Waals surface area contributed by atoms with Crippen LogP contribution in [0.4, 0.5) is 0 Å². The summed E-state index contributed by atoms with van der Waals surface area (Å²) in [7, 11) is 0. The van der Waals surface area contributed by atoms with E-state index in [1.165, 1.54) is 0 Å². The van der Waals surface area contributed by atoms with Crippen molar-refractivity contribution < 1.29 is 4.68 Å². The molecule has 118 valence electrons. The van der Waals surface area contributed by atoms with Crippen molar-refractivity contribution in [3.63, 3.8) is 0 Å². The summed E-state index contributed by atoms with van der Waals surface area (Å²) in [6, 6.07) is 12.5. The number of benzene rings is 1. The molecule has 1 N–H and O–H groups in total. The van der Waals surface area contributed by atoms with E-state index in [1.807, 2.05) is 18.5 Å². The molecule has 0 atom stereocenters. The lowest BCUT2D eigenvalue weighted by Crippen LogP contribution is -2.23. The lowest BCUT2D eigenvalue weighted by atomic mass is 10.2. The number of nitrogens with one attached hydrogen (secondary N) is 1. The number of aromatic nitrogens is 5. The molecule has 0 spiro atoms. The second kappa shape index (κ2) is 5.73. The highest BCUT2D eigenvalue weighted by molar-refractivity contribution is 5.83. The minimum atomic E-state index is 1.00. The third-order valence-corrected chi connectivity index (χ3v) is 4.09. The van der Waals surface area contributed by atoms with Crippen molar-refractivity contribution in [3.05, 3.63) is 72.2 Å². The first-order valence-electron chi connectivity index (χ1n) is 7.71. The van der Waals surface area contributed by atoms with Crippen molar-refractivity contribution in [2.45, 2.75) is 13.8 Å². The van der Waals surface area contributed by atoms with Gasteiger partial charge in [0.15, 0.2) is 0 Å². The number of H-pyrrole nitrogens is 1. The molecule has 0 unspecified atom stereocenters. The second-order valence-electron chi connectivity index (χ2n) is 5.67. The maximum absolute atomic E-state index is 4.38. The highest BCUT2D eigenvalue weighted by Crippen LogP contribution is 2.22. The molecule has 1 aromatic carbocycles. The van der Waals surface area contributed by atoms with E-state index in [9.17, 15) is 0 Å². The molecule has 0 radical (unpaired) electrons. The minimum absolute atomic E-state index is 1.00. The van der Waals surface area contributed by atoms with Crippen molar-refractivity contribution in [3.8, 4) is 5.69 Å². The maximum atomic E-state index is 4.38. The molecule has 4 aromatic rings. The van der Waals surface area contributed by atoms with E-state index < -0.39 is 0 Å². The topological polar surface area (TPSA) is 62.7 Å². The number of nitrogens with zero attached hydrogens (tertiary/aromatic N) is 5. The fraction of sp³-hybridized carbons (Fsp3) is 0.111. The lowest BCUT2D eigenvalue weighted by molar-refractivity contribution is -0.678. The number of hydrogen-bond donors (Lipinski definition) is 1. The highest BCUT2D eigenvalue weighted by Gasteiger charge is 2.10. The molecule has 3 aromatic heterocycles. The summed E-state index contributed by atoms with van der Waals surface area (Å²) in [4.78, 5) is 4.38. The molecule has 0 saturated carbocycles. The zero-order valence-electron chi connectivity index (χ0n) is 13.5. The Morgan fingerprint density at radius 2 is 2.12 bits per heavy atom. The molecular formula is C18H17N6+. The fourth-order valence-electron chi connectivity index (χ4n) is 2.93. The van der Waals surface area contributed by atoms with Gasteiger partial charge in [-0.3, -0.25) is 4.98 Å². The Balaban J connectivity index is 1.77. The quantitative estimate of drug-likeness (QED) is 0.466. The van der Waals surface area contributed by atoms with Crippen LogP contribution in [-0.4, -0.2) is 26.0 Å². The summed E-state index contributed by atoms with van der Waals surface area (Å²) in [5, 5.41) is 12.1. The molecule has 24 heavy (non-hydrogen) atoms. The summed E-state index contributed by atoms with van der Waals surface area (Å²) >= 11 is 0. The molecule has 6 heteroatoms. The van der Waals surface area contributed by atoms with Gasteiger partial charge >= 0.3 is 0 Å². The van der Waals surface area contributed by atoms with Crippen LogP contribution in [0.3, 0.4) is 0 Å². The van der Waals surface area contributed by atoms with Crippen LogP contribution in [0, 0.1) is 13.8 Å². The average Bonchev–Trinajstić information content (AvgIpc) is 3.21. The zero-order valence-corrected chi connectivity index (χ0v) is 13.5. The van der Waals surface area contributed by atoms with Crippen molar-refractivity contribution in [1.29, 1.82) is 0 Å². The van der Waals surface area contributed by atoms with Crippen LogP contribution in [0.1, 0.15) is 17.0 Å². The number of rotatable bonds is 3. The van der Waals surface area contributed by atoms with Crippen LogP contribution in [0.2, 0.25) is 0 Å². The molecule has 0 amide bonds. The van der Waals surface area contributed by atoms with E-state index in [0.717, 1.165) is 33.5 Å². The monoisotopic (exact) mass is 317 g/mol. The number of hydrogen-bond acceptors (Lipinski definition) is 3. The third kappa shape index (κ3) is 2.48. The first-order valence-corrected chi connectivity index (χ1v) is 7.71. The standard InChI is InChI=1S/C18H16N6/c1-13-8-16(10-22-23-11-20-21-12-23)14(2)24(13)17-5-6-18-15(9-17)4-3-7-19-18/h3-12H,1-2H3/p+1/b22-10+. The van der Waals surface area contributed by atoms with E-state index in [1.54, 1.807) is 17.3 Å². The Hall–Kier alpha value is -3.28. The predicted molar refractivity (Wildman–Crippen MR) is 92.3 cm³/mol. The SMILES string of the molecule is Cc1cc(/C=N/[n+]2cn[nH]c2)c(C)n1-c1ccc2ncccc2c1. The van der Waals surface area contributed by atoms with Gasteiger partial charge in [0.25, 0.3) is 6.33 Å². The van der Waals surface area contributed by atoms with Gasteiger partial charge in [0.2, 0.25) is 6.33 Å². The number of aryl methyl sites for hydroxylation is 1. The first-order chi connectivity index (χ1) is 11.7. The molecule has 6 nitrogen and oxygen atoms in total. The molecule has 0 aliphatic carbocycles. The third-order valence-electron chi connectivity index (χ3n) is 4.09. The maximum Gasteiger partial charge on any atom is 0.288 e. The molecule has 0 saturated heterocycles. The Kier molecular flexibility index (Phi) is 3.42. The van der Waals surface area contributed by atoms with Crippen LogP contribution in [-0.2, 0) is 0 Å². The van der Waals surface area contributed by atoms with Crippen LogP contribution < -0.4 is 4.68 Å². The number of pyridine rings is 1. The van der Waals surface area contributed by atoms with Gasteiger partial charge in [-0.1, -0.05) is 6.07 Å². The lowest BCUT2D eigenvalue weighted by Gasteiger charge is -2.10. The van der Waals surface area contributed by atoms with Crippen LogP contribution in [0.15, 0.2) is 60.4 Å². The van der Waals surface area contributed by atoms with Gasteiger partial charge in [-0.15, -0.1) is 14.9 Å². The summed E-state index contributed by atoms with van der Waals surface area (Å²) < 4.78 is 3.86. The largest absolute Gasteiger partial charge is 0.318 e. The van der Waals surface area contributed by atoms with Crippen molar-refractivity contribution >= 4 is 17.1 Å². The highest BCUT2D eigenvalue weighted by atomic mass is 15.4. The Labute approximate surface area is 139 Å². The van der Waals surface area contributed by atoms with E-state index in [-0.39, 0.29) is 0 Å². The molecule has 4 rings (SSSR count). The average molecular weight is 317 g/mol. The molecule has 0 fully saturated rings. The van der Waals surface area contributed by atoms with Crippen LogP contribution in [0.5, 0.6) is 0 Å². The van der Waals surface area contributed by atoms with Crippen LogP contribution >= 0.6 is 0 Å². The van der Waals surface area contributed by atoms with Crippen LogP contribution in [0.25, 0.3) is 16.6 Å². The fourth-order valence-corrected chi connectivity index (χ4v) is 2.93. The summed E-state index contributed by atoms with van der Waals surface area (Å²) in [6.45, 7) is 4.20.